The summed E-state index contributed by atoms with van der Waals surface area (Å²) in [5, 5.41) is 0. The van der Waals surface area contributed by atoms with Gasteiger partial charge in [-0.15, -0.1) is 0 Å². The van der Waals surface area contributed by atoms with Crippen LogP contribution in [0.15, 0.2) is 60.3 Å². The monoisotopic (exact) mass is 448 g/mol. The smallest absolute Gasteiger partial charge is 0.277 e. The molecule has 0 unspecified atom stereocenters. The van der Waals surface area contributed by atoms with Crippen LogP contribution in [0.4, 0.5) is 0 Å². The molecule has 1 saturated heterocycles. The molecule has 2 amide bonds. The lowest BCUT2D eigenvalue weighted by Gasteiger charge is -2.34. The van der Waals surface area contributed by atoms with Crippen LogP contribution in [0.2, 0.25) is 0 Å². The van der Waals surface area contributed by atoms with Crippen molar-refractivity contribution in [3.05, 3.63) is 71.4 Å². The molecule has 1 fully saturated rings. The highest BCUT2D eigenvalue weighted by atomic mass is 16.5. The SMILES string of the molecule is COCCCN1C(=O)C(c2ccc(OC)cc2)=C(N2CCC(Cc3ccccc3)CC2)C1=O. The Bertz CT molecular complexity index is 993. The predicted molar refractivity (Wildman–Crippen MR) is 128 cm³/mol. The number of methoxy groups -OCH3 is 2. The van der Waals surface area contributed by atoms with Crippen molar-refractivity contribution in [1.29, 1.82) is 0 Å². The van der Waals surface area contributed by atoms with Gasteiger partial charge >= 0.3 is 0 Å². The summed E-state index contributed by atoms with van der Waals surface area (Å²) < 4.78 is 10.4. The Morgan fingerprint density at radius 1 is 0.909 bits per heavy atom. The standard InChI is InChI=1S/C27H32N2O4/c1-32-18-6-15-29-26(30)24(22-9-11-23(33-2)12-10-22)25(27(29)31)28-16-13-21(14-17-28)19-20-7-4-3-5-8-20/h3-5,7-12,21H,6,13-19H2,1-2H3. The van der Waals surface area contributed by atoms with Crippen LogP contribution in [0, 0.1) is 5.92 Å². The predicted octanol–water partition coefficient (Wildman–Crippen LogP) is 3.77. The zero-order valence-corrected chi connectivity index (χ0v) is 19.5. The third kappa shape index (κ3) is 5.11. The molecule has 2 aliphatic rings. The van der Waals surface area contributed by atoms with E-state index < -0.39 is 0 Å². The van der Waals surface area contributed by atoms with Gasteiger partial charge in [0.1, 0.15) is 11.4 Å². The normalized spacial score (nSPS) is 17.3. The molecular formula is C27H32N2O4. The van der Waals surface area contributed by atoms with Gasteiger partial charge in [0.25, 0.3) is 11.8 Å². The lowest BCUT2D eigenvalue weighted by Crippen LogP contribution is -2.39. The number of rotatable bonds is 9. The van der Waals surface area contributed by atoms with Gasteiger partial charge < -0.3 is 14.4 Å². The summed E-state index contributed by atoms with van der Waals surface area (Å²) in [6.07, 6.45) is 3.67. The molecule has 2 heterocycles. The molecule has 2 aliphatic heterocycles. The minimum Gasteiger partial charge on any atom is -0.497 e. The average Bonchev–Trinajstić information content (AvgIpc) is 3.10. The number of piperidine rings is 1. The number of hydrogen-bond acceptors (Lipinski definition) is 5. The number of amides is 2. The Morgan fingerprint density at radius 3 is 2.24 bits per heavy atom. The van der Waals surface area contributed by atoms with Crippen molar-refractivity contribution in [2.75, 3.05) is 40.5 Å². The Morgan fingerprint density at radius 2 is 1.61 bits per heavy atom. The molecule has 33 heavy (non-hydrogen) atoms. The van der Waals surface area contributed by atoms with Crippen molar-refractivity contribution >= 4 is 17.4 Å². The van der Waals surface area contributed by atoms with Crippen molar-refractivity contribution in [3.8, 4) is 5.75 Å². The summed E-state index contributed by atoms with van der Waals surface area (Å²) in [6, 6.07) is 17.9. The Hall–Kier alpha value is -3.12. The second-order valence-electron chi connectivity index (χ2n) is 8.68. The third-order valence-corrected chi connectivity index (χ3v) is 6.55. The maximum atomic E-state index is 13.4. The summed E-state index contributed by atoms with van der Waals surface area (Å²) in [7, 11) is 3.24. The van der Waals surface area contributed by atoms with Gasteiger partial charge in [-0.1, -0.05) is 42.5 Å². The Balaban J connectivity index is 1.55. The molecule has 6 heteroatoms. The fourth-order valence-corrected chi connectivity index (χ4v) is 4.75. The van der Waals surface area contributed by atoms with Crippen LogP contribution < -0.4 is 4.74 Å². The second kappa shape index (κ2) is 10.7. The van der Waals surface area contributed by atoms with Gasteiger partial charge in [-0.05, 0) is 54.9 Å². The van der Waals surface area contributed by atoms with Gasteiger partial charge in [0, 0.05) is 33.4 Å². The molecule has 0 aromatic heterocycles. The summed E-state index contributed by atoms with van der Waals surface area (Å²) in [6.45, 7) is 2.42. The number of benzene rings is 2. The van der Waals surface area contributed by atoms with E-state index in [0.717, 1.165) is 43.7 Å². The second-order valence-corrected chi connectivity index (χ2v) is 8.68. The molecule has 6 nitrogen and oxygen atoms in total. The van der Waals surface area contributed by atoms with Crippen molar-refractivity contribution in [1.82, 2.24) is 9.80 Å². The van der Waals surface area contributed by atoms with Crippen molar-refractivity contribution < 1.29 is 19.1 Å². The molecule has 2 aromatic carbocycles. The summed E-state index contributed by atoms with van der Waals surface area (Å²) in [5.41, 5.74) is 3.15. The Kier molecular flexibility index (Phi) is 7.45. The van der Waals surface area contributed by atoms with E-state index in [1.165, 1.54) is 10.5 Å². The van der Waals surface area contributed by atoms with Gasteiger partial charge in [-0.3, -0.25) is 14.5 Å². The first-order valence-corrected chi connectivity index (χ1v) is 11.6. The Labute approximate surface area is 195 Å². The van der Waals surface area contributed by atoms with E-state index in [4.69, 9.17) is 9.47 Å². The molecule has 4 rings (SSSR count). The quantitative estimate of drug-likeness (QED) is 0.432. The van der Waals surface area contributed by atoms with E-state index >= 15 is 0 Å². The number of likely N-dealkylation sites (tertiary alicyclic amines) is 1. The maximum absolute atomic E-state index is 13.4. The highest BCUT2D eigenvalue weighted by Crippen LogP contribution is 2.35. The summed E-state index contributed by atoms with van der Waals surface area (Å²) in [4.78, 5) is 30.3. The van der Waals surface area contributed by atoms with Crippen LogP contribution in [-0.2, 0) is 20.7 Å². The van der Waals surface area contributed by atoms with Gasteiger partial charge in [-0.25, -0.2) is 0 Å². The lowest BCUT2D eigenvalue weighted by atomic mass is 9.89. The van der Waals surface area contributed by atoms with Gasteiger partial charge in [0.05, 0.1) is 12.7 Å². The topological polar surface area (TPSA) is 59.1 Å². The highest BCUT2D eigenvalue weighted by molar-refractivity contribution is 6.35. The van der Waals surface area contributed by atoms with E-state index in [1.54, 1.807) is 14.2 Å². The first kappa shape index (κ1) is 23.1. The van der Waals surface area contributed by atoms with Gasteiger partial charge in [0.2, 0.25) is 0 Å². The van der Waals surface area contributed by atoms with Crippen LogP contribution in [0.5, 0.6) is 5.75 Å². The molecule has 0 aliphatic carbocycles. The van der Waals surface area contributed by atoms with Crippen LogP contribution in [0.1, 0.15) is 30.4 Å². The number of carbonyl (C=O) groups is 2. The molecule has 0 spiro atoms. The largest absolute Gasteiger partial charge is 0.497 e. The van der Waals surface area contributed by atoms with Crippen LogP contribution in [-0.4, -0.2) is 62.1 Å². The molecule has 0 bridgehead atoms. The highest BCUT2D eigenvalue weighted by Gasteiger charge is 2.41. The number of hydrogen-bond donors (Lipinski definition) is 0. The molecule has 0 N–H and O–H groups in total. The summed E-state index contributed by atoms with van der Waals surface area (Å²) >= 11 is 0. The van der Waals surface area contributed by atoms with Crippen LogP contribution in [0.3, 0.4) is 0 Å². The molecule has 0 radical (unpaired) electrons. The zero-order chi connectivity index (χ0) is 23.2. The van der Waals surface area contributed by atoms with Gasteiger partial charge in [-0.2, -0.15) is 0 Å². The van der Waals surface area contributed by atoms with Crippen molar-refractivity contribution in [2.45, 2.75) is 25.7 Å². The van der Waals surface area contributed by atoms with E-state index in [2.05, 4.69) is 29.2 Å². The minimum atomic E-state index is -0.220. The first-order chi connectivity index (χ1) is 16.1. The maximum Gasteiger partial charge on any atom is 0.277 e. The molecule has 2 aromatic rings. The van der Waals surface area contributed by atoms with E-state index in [-0.39, 0.29) is 11.8 Å². The molecule has 174 valence electrons. The number of carbonyl (C=O) groups excluding carboxylic acids is 2. The number of imide groups is 1. The fraction of sp³-hybridized carbons (Fsp3) is 0.407. The van der Waals surface area contributed by atoms with Crippen LogP contribution >= 0.6 is 0 Å². The first-order valence-electron chi connectivity index (χ1n) is 11.6. The zero-order valence-electron chi connectivity index (χ0n) is 19.5. The van der Waals surface area contributed by atoms with E-state index in [9.17, 15) is 9.59 Å². The van der Waals surface area contributed by atoms with E-state index in [1.807, 2.05) is 30.3 Å². The average molecular weight is 449 g/mol. The fourth-order valence-electron chi connectivity index (χ4n) is 4.75. The lowest BCUT2D eigenvalue weighted by molar-refractivity contribution is -0.137. The van der Waals surface area contributed by atoms with Crippen LogP contribution in [0.25, 0.3) is 5.57 Å². The minimum absolute atomic E-state index is 0.191. The third-order valence-electron chi connectivity index (χ3n) is 6.55. The molecule has 0 saturated carbocycles. The number of nitrogens with zero attached hydrogens (tertiary/aromatic N) is 2. The molecule has 0 atom stereocenters. The van der Waals surface area contributed by atoms with Crippen molar-refractivity contribution in [3.63, 3.8) is 0 Å². The van der Waals surface area contributed by atoms with Gasteiger partial charge in [0.15, 0.2) is 0 Å². The molecular weight excluding hydrogens is 416 g/mol. The number of ether oxygens (including phenoxy) is 2. The van der Waals surface area contributed by atoms with Crippen molar-refractivity contribution in [2.24, 2.45) is 5.92 Å². The summed E-state index contributed by atoms with van der Waals surface area (Å²) in [5.74, 6) is 0.890. The van der Waals surface area contributed by atoms with E-state index in [0.29, 0.717) is 36.8 Å².